The lowest BCUT2D eigenvalue weighted by atomic mass is 10.00. The van der Waals surface area contributed by atoms with E-state index in [4.69, 9.17) is 0 Å². The molecule has 1 rings (SSSR count). The van der Waals surface area contributed by atoms with Gasteiger partial charge in [-0.2, -0.15) is 5.92 Å². The highest BCUT2D eigenvalue weighted by molar-refractivity contribution is 4.70. The largest absolute Gasteiger partial charge is 0.340 e. The number of rotatable bonds is 0. The van der Waals surface area contributed by atoms with E-state index in [1.165, 1.54) is 25.9 Å². The van der Waals surface area contributed by atoms with Gasteiger partial charge in [0.1, 0.15) is 0 Å². The summed E-state index contributed by atoms with van der Waals surface area (Å²) in [5.41, 5.74) is 0. The van der Waals surface area contributed by atoms with Gasteiger partial charge in [0.05, 0.1) is 0 Å². The summed E-state index contributed by atoms with van der Waals surface area (Å²) < 4.78 is 0. The van der Waals surface area contributed by atoms with Crippen molar-refractivity contribution in [2.24, 2.45) is 5.92 Å². The second kappa shape index (κ2) is 2.49. The van der Waals surface area contributed by atoms with Gasteiger partial charge in [-0.15, -0.1) is 0 Å². The Bertz CT molecular complexity index is 52.8. The lowest BCUT2D eigenvalue weighted by Gasteiger charge is -2.30. The van der Waals surface area contributed by atoms with Gasteiger partial charge in [-0.1, -0.05) is 12.8 Å². The molecule has 0 aromatic rings. The number of hydrogen-bond acceptors (Lipinski definition) is 1. The zero-order chi connectivity index (χ0) is 5.98. The van der Waals surface area contributed by atoms with Crippen molar-refractivity contribution < 1.29 is 0 Å². The van der Waals surface area contributed by atoms with Crippen molar-refractivity contribution in [3.05, 3.63) is 6.92 Å². The molecule has 8 heavy (non-hydrogen) atoms. The Morgan fingerprint density at radius 2 is 1.88 bits per heavy atom. The Balaban J connectivity index is 2.19. The van der Waals surface area contributed by atoms with E-state index in [0.29, 0.717) is 0 Å². The molecule has 0 spiro atoms. The molecular weight excluding hydrogens is 98.1 g/mol. The first kappa shape index (κ1) is 6.09. The highest BCUT2D eigenvalue weighted by Crippen LogP contribution is 2.13. The number of nitrogens with zero attached hydrogens (tertiary/aromatic N) is 1. The molecule has 0 unspecified atom stereocenters. The van der Waals surface area contributed by atoms with E-state index >= 15 is 0 Å². The number of likely N-dealkylation sites (tertiary alicyclic amines) is 1. The van der Waals surface area contributed by atoms with E-state index in [-0.39, 0.29) is 0 Å². The molecule has 0 aromatic carbocycles. The Morgan fingerprint density at radius 3 is 2.25 bits per heavy atom. The van der Waals surface area contributed by atoms with Gasteiger partial charge < -0.3 is 11.8 Å². The summed E-state index contributed by atoms with van der Waals surface area (Å²) in [6.07, 6.45) is 2.58. The van der Waals surface area contributed by atoms with Gasteiger partial charge in [-0.05, 0) is 20.1 Å². The molecule has 1 heteroatoms. The molecule has 0 N–H and O–H groups in total. The van der Waals surface area contributed by atoms with Crippen molar-refractivity contribution in [1.29, 1.82) is 0 Å². The van der Waals surface area contributed by atoms with Crippen LogP contribution < -0.4 is 0 Å². The smallest absolute Gasteiger partial charge is 0.00437 e. The Kier molecular flexibility index (Phi) is 1.90. The molecule has 1 aliphatic rings. The van der Waals surface area contributed by atoms with Crippen LogP contribution in [0.15, 0.2) is 0 Å². The minimum absolute atomic E-state index is 0.728. The van der Waals surface area contributed by atoms with E-state index < -0.39 is 0 Å². The van der Waals surface area contributed by atoms with E-state index in [0.717, 1.165) is 5.92 Å². The van der Waals surface area contributed by atoms with Crippen molar-refractivity contribution in [3.8, 4) is 0 Å². The fraction of sp³-hybridized carbons (Fsp3) is 0.857. The van der Waals surface area contributed by atoms with Crippen LogP contribution in [0.25, 0.3) is 0 Å². The minimum atomic E-state index is 0.728. The van der Waals surface area contributed by atoms with E-state index in [9.17, 15) is 0 Å². The van der Waals surface area contributed by atoms with Crippen LogP contribution in [0.1, 0.15) is 12.8 Å². The van der Waals surface area contributed by atoms with Crippen molar-refractivity contribution >= 4 is 0 Å². The molecule has 1 heterocycles. The second-order valence-electron chi connectivity index (χ2n) is 2.75. The third-order valence-electron chi connectivity index (χ3n) is 1.84. The van der Waals surface area contributed by atoms with Crippen LogP contribution in [-0.4, -0.2) is 25.0 Å². The topological polar surface area (TPSA) is 3.24 Å². The van der Waals surface area contributed by atoms with Crippen LogP contribution in [0.4, 0.5) is 0 Å². The quantitative estimate of drug-likeness (QED) is 0.425. The van der Waals surface area contributed by atoms with Crippen LogP contribution in [0.3, 0.4) is 0 Å². The van der Waals surface area contributed by atoms with Crippen molar-refractivity contribution in [2.45, 2.75) is 12.8 Å². The summed E-state index contributed by atoms with van der Waals surface area (Å²) in [6.45, 7) is 6.49. The van der Waals surface area contributed by atoms with Crippen LogP contribution >= 0.6 is 0 Å². The third-order valence-corrected chi connectivity index (χ3v) is 1.84. The Labute approximate surface area is 51.7 Å². The molecule has 0 radical (unpaired) electrons. The van der Waals surface area contributed by atoms with Gasteiger partial charge in [0.25, 0.3) is 0 Å². The third kappa shape index (κ3) is 1.48. The highest BCUT2D eigenvalue weighted by atomic mass is 15.1. The van der Waals surface area contributed by atoms with Crippen LogP contribution in [-0.2, 0) is 0 Å². The standard InChI is InChI=1S/C7H14N/c1-7-3-5-8(2)6-4-7/h7H,1,3-6H2,2H3/q-1. The van der Waals surface area contributed by atoms with Crippen LogP contribution in [0.5, 0.6) is 0 Å². The zero-order valence-electron chi connectivity index (χ0n) is 5.56. The average molecular weight is 112 g/mol. The lowest BCUT2D eigenvalue weighted by Crippen LogP contribution is -2.28. The predicted octanol–water partition coefficient (Wildman–Crippen LogP) is 1.16. The van der Waals surface area contributed by atoms with Crippen molar-refractivity contribution in [3.63, 3.8) is 0 Å². The van der Waals surface area contributed by atoms with Gasteiger partial charge in [0, 0.05) is 0 Å². The molecular formula is C7H14N-. The summed E-state index contributed by atoms with van der Waals surface area (Å²) in [4.78, 5) is 2.36. The molecule has 48 valence electrons. The first-order valence-corrected chi connectivity index (χ1v) is 3.30. The van der Waals surface area contributed by atoms with Gasteiger partial charge in [-0.3, -0.25) is 0 Å². The second-order valence-corrected chi connectivity index (χ2v) is 2.75. The summed E-state index contributed by atoms with van der Waals surface area (Å²) in [6, 6.07) is 0. The highest BCUT2D eigenvalue weighted by Gasteiger charge is 2.06. The molecule has 0 bridgehead atoms. The molecule has 1 aliphatic heterocycles. The molecule has 0 saturated carbocycles. The fourth-order valence-electron chi connectivity index (χ4n) is 1.06. The molecule has 0 aliphatic carbocycles. The minimum Gasteiger partial charge on any atom is -0.340 e. The molecule has 1 nitrogen and oxygen atoms in total. The molecule has 0 atom stereocenters. The molecule has 1 saturated heterocycles. The maximum Gasteiger partial charge on any atom is -0.00437 e. The molecule has 1 fully saturated rings. The van der Waals surface area contributed by atoms with Gasteiger partial charge in [-0.25, -0.2) is 0 Å². The summed E-state index contributed by atoms with van der Waals surface area (Å²) in [5, 5.41) is 0. The van der Waals surface area contributed by atoms with Crippen LogP contribution in [0, 0.1) is 12.8 Å². The Hall–Kier alpha value is -0.0400. The average Bonchev–Trinajstić information content (AvgIpc) is 1.77. The number of piperidine rings is 1. The van der Waals surface area contributed by atoms with E-state index in [1.54, 1.807) is 0 Å². The molecule has 0 amide bonds. The zero-order valence-corrected chi connectivity index (χ0v) is 5.56. The fourth-order valence-corrected chi connectivity index (χ4v) is 1.06. The molecule has 0 aromatic heterocycles. The number of hydrogen-bond donors (Lipinski definition) is 0. The summed E-state index contributed by atoms with van der Waals surface area (Å²) in [5.74, 6) is 0.728. The summed E-state index contributed by atoms with van der Waals surface area (Å²) in [7, 11) is 2.17. The maximum atomic E-state index is 4.01. The monoisotopic (exact) mass is 112 g/mol. The first-order valence-electron chi connectivity index (χ1n) is 3.30. The van der Waals surface area contributed by atoms with Gasteiger partial charge >= 0.3 is 0 Å². The normalized spacial score (nSPS) is 26.2. The van der Waals surface area contributed by atoms with E-state index in [2.05, 4.69) is 18.9 Å². The summed E-state index contributed by atoms with van der Waals surface area (Å²) >= 11 is 0. The Morgan fingerprint density at radius 1 is 1.38 bits per heavy atom. The van der Waals surface area contributed by atoms with Gasteiger partial charge in [0.15, 0.2) is 0 Å². The van der Waals surface area contributed by atoms with E-state index in [1.807, 2.05) is 0 Å². The maximum absolute atomic E-state index is 4.01. The lowest BCUT2D eigenvalue weighted by molar-refractivity contribution is 0.243. The predicted molar refractivity (Wildman–Crippen MR) is 35.6 cm³/mol. The van der Waals surface area contributed by atoms with Crippen molar-refractivity contribution in [2.75, 3.05) is 20.1 Å². The van der Waals surface area contributed by atoms with Gasteiger partial charge in [0.2, 0.25) is 0 Å². The van der Waals surface area contributed by atoms with Crippen molar-refractivity contribution in [1.82, 2.24) is 4.90 Å². The first-order chi connectivity index (χ1) is 3.79. The van der Waals surface area contributed by atoms with Crippen LogP contribution in [0.2, 0.25) is 0 Å². The SMILES string of the molecule is [CH2-]C1CCN(C)CC1.